The number of nitro groups is 1. The minimum Gasteiger partial charge on any atom is -0.488 e. The summed E-state index contributed by atoms with van der Waals surface area (Å²) in [5.74, 6) is -0.886. The molecule has 0 spiro atoms. The molecule has 0 aliphatic carbocycles. The third kappa shape index (κ3) is 3.63. The predicted molar refractivity (Wildman–Crippen MR) is 110 cm³/mol. The second-order valence-corrected chi connectivity index (χ2v) is 6.43. The molecule has 0 aliphatic rings. The summed E-state index contributed by atoms with van der Waals surface area (Å²) >= 11 is 0. The van der Waals surface area contributed by atoms with Gasteiger partial charge in [-0.3, -0.25) is 14.9 Å². The maximum atomic E-state index is 11.8. The molecule has 2 heterocycles. The highest BCUT2D eigenvalue weighted by Gasteiger charge is 2.21. The van der Waals surface area contributed by atoms with Crippen LogP contribution < -0.4 is 5.56 Å². The van der Waals surface area contributed by atoms with Gasteiger partial charge in [0.15, 0.2) is 0 Å². The number of hydrogen-bond acceptors (Lipinski definition) is 5. The molecule has 0 atom stereocenters. The summed E-state index contributed by atoms with van der Waals surface area (Å²) < 4.78 is 2.12. The zero-order valence-corrected chi connectivity index (χ0v) is 15.1. The lowest BCUT2D eigenvalue weighted by Gasteiger charge is -2.05. The highest BCUT2D eigenvalue weighted by molar-refractivity contribution is 5.91. The highest BCUT2D eigenvalue weighted by atomic mass is 16.6. The van der Waals surface area contributed by atoms with E-state index in [1.807, 2.05) is 48.7 Å². The maximum absolute atomic E-state index is 11.8. The van der Waals surface area contributed by atoms with E-state index in [-0.39, 0.29) is 5.82 Å². The fraction of sp³-hybridized carbons (Fsp3) is 0.0476. The summed E-state index contributed by atoms with van der Waals surface area (Å²) in [6.45, 7) is 0.697. The van der Waals surface area contributed by atoms with E-state index in [9.17, 15) is 20.0 Å². The molecule has 0 fully saturated rings. The van der Waals surface area contributed by atoms with Gasteiger partial charge in [0.25, 0.3) is 5.88 Å². The summed E-state index contributed by atoms with van der Waals surface area (Å²) in [7, 11) is 0. The van der Waals surface area contributed by atoms with Crippen molar-refractivity contribution in [1.29, 1.82) is 0 Å². The molecule has 4 aromatic rings. The molecule has 0 radical (unpaired) electrons. The SMILES string of the molecule is O=c1[nH]c(C=Cc2cn(Cc3ccccc3)c3ccccc23)nc(O)c1[N+](=O)[O-]. The Bertz CT molecular complexity index is 1290. The lowest BCUT2D eigenvalue weighted by atomic mass is 10.1. The van der Waals surface area contributed by atoms with Crippen LogP contribution in [0.5, 0.6) is 5.88 Å². The van der Waals surface area contributed by atoms with Gasteiger partial charge in [-0.25, -0.2) is 0 Å². The number of aromatic nitrogens is 3. The maximum Gasteiger partial charge on any atom is 0.395 e. The zero-order chi connectivity index (χ0) is 20.4. The van der Waals surface area contributed by atoms with Crippen molar-refractivity contribution in [3.8, 4) is 5.88 Å². The molecule has 29 heavy (non-hydrogen) atoms. The normalized spacial score (nSPS) is 11.3. The Morgan fingerprint density at radius 2 is 1.83 bits per heavy atom. The van der Waals surface area contributed by atoms with Crippen molar-refractivity contribution >= 4 is 28.7 Å². The van der Waals surface area contributed by atoms with Crippen molar-refractivity contribution in [1.82, 2.24) is 14.5 Å². The average Bonchev–Trinajstić information content (AvgIpc) is 3.04. The van der Waals surface area contributed by atoms with E-state index in [4.69, 9.17) is 0 Å². The lowest BCUT2D eigenvalue weighted by molar-refractivity contribution is -0.387. The Balaban J connectivity index is 1.72. The van der Waals surface area contributed by atoms with E-state index in [1.165, 1.54) is 6.08 Å². The Kier molecular flexibility index (Phi) is 4.66. The Hall–Kier alpha value is -4.20. The third-order valence-corrected chi connectivity index (χ3v) is 4.51. The third-order valence-electron chi connectivity index (χ3n) is 4.51. The number of rotatable bonds is 5. The number of para-hydroxylation sites is 1. The molecule has 0 saturated carbocycles. The quantitative estimate of drug-likeness (QED) is 0.401. The monoisotopic (exact) mass is 388 g/mol. The number of nitrogens with one attached hydrogen (secondary N) is 1. The first-order valence-electron chi connectivity index (χ1n) is 8.80. The van der Waals surface area contributed by atoms with Crippen LogP contribution in [0.4, 0.5) is 5.69 Å². The molecule has 2 N–H and O–H groups in total. The molecule has 2 aromatic carbocycles. The van der Waals surface area contributed by atoms with Crippen LogP contribution in [0.1, 0.15) is 17.0 Å². The van der Waals surface area contributed by atoms with E-state index in [1.54, 1.807) is 6.08 Å². The van der Waals surface area contributed by atoms with Gasteiger partial charge in [0.1, 0.15) is 5.82 Å². The van der Waals surface area contributed by atoms with Crippen molar-refractivity contribution in [2.24, 2.45) is 0 Å². The molecule has 144 valence electrons. The van der Waals surface area contributed by atoms with Crippen molar-refractivity contribution in [2.45, 2.75) is 6.54 Å². The zero-order valence-electron chi connectivity index (χ0n) is 15.1. The van der Waals surface area contributed by atoms with E-state index in [2.05, 4.69) is 26.7 Å². The second kappa shape index (κ2) is 7.43. The standard InChI is InChI=1S/C21H16N4O4/c26-20-19(25(28)29)21(27)23-18(22-20)11-10-15-13-24(12-14-6-2-1-3-7-14)17-9-5-4-8-16(15)17/h1-11,13H,12H2,(H2,22,23,26,27). The second-order valence-electron chi connectivity index (χ2n) is 6.43. The van der Waals surface area contributed by atoms with Gasteiger partial charge < -0.3 is 14.7 Å². The summed E-state index contributed by atoms with van der Waals surface area (Å²) in [5, 5.41) is 21.5. The molecule has 0 amide bonds. The number of nitrogens with zero attached hydrogens (tertiary/aromatic N) is 3. The van der Waals surface area contributed by atoms with Crippen LogP contribution in [-0.4, -0.2) is 24.6 Å². The van der Waals surface area contributed by atoms with Crippen molar-refractivity contribution in [3.05, 3.63) is 98.2 Å². The molecular weight excluding hydrogens is 372 g/mol. The number of hydrogen-bond donors (Lipinski definition) is 2. The Morgan fingerprint density at radius 3 is 2.55 bits per heavy atom. The van der Waals surface area contributed by atoms with Crippen LogP contribution in [0.25, 0.3) is 23.1 Å². The predicted octanol–water partition coefficient (Wildman–Crippen LogP) is 3.56. The molecule has 8 nitrogen and oxygen atoms in total. The van der Waals surface area contributed by atoms with Crippen LogP contribution in [-0.2, 0) is 6.54 Å². The van der Waals surface area contributed by atoms with Crippen LogP contribution in [0, 0.1) is 10.1 Å². The van der Waals surface area contributed by atoms with Gasteiger partial charge in [0, 0.05) is 29.2 Å². The number of H-pyrrole nitrogens is 1. The van der Waals surface area contributed by atoms with Crippen molar-refractivity contribution in [3.63, 3.8) is 0 Å². The smallest absolute Gasteiger partial charge is 0.395 e. The molecule has 4 rings (SSSR count). The number of benzene rings is 2. The van der Waals surface area contributed by atoms with Gasteiger partial charge >= 0.3 is 11.2 Å². The van der Waals surface area contributed by atoms with Crippen molar-refractivity contribution in [2.75, 3.05) is 0 Å². The topological polar surface area (TPSA) is 114 Å². The van der Waals surface area contributed by atoms with Crippen LogP contribution in [0.15, 0.2) is 65.6 Å². The Morgan fingerprint density at radius 1 is 1.10 bits per heavy atom. The molecule has 0 aliphatic heterocycles. The first-order valence-corrected chi connectivity index (χ1v) is 8.80. The largest absolute Gasteiger partial charge is 0.488 e. The minimum absolute atomic E-state index is 0.0259. The summed E-state index contributed by atoms with van der Waals surface area (Å²) in [5.41, 5.74) is 1.12. The number of aromatic hydroxyl groups is 1. The van der Waals surface area contributed by atoms with Crippen molar-refractivity contribution < 1.29 is 10.0 Å². The molecule has 0 unspecified atom stereocenters. The van der Waals surface area contributed by atoms with E-state index in [0.717, 1.165) is 22.0 Å². The minimum atomic E-state index is -1.01. The molecular formula is C21H16N4O4. The molecule has 0 bridgehead atoms. The van der Waals surface area contributed by atoms with Crippen LogP contribution in [0.2, 0.25) is 0 Å². The van der Waals surface area contributed by atoms with Crippen LogP contribution in [0.3, 0.4) is 0 Å². The van der Waals surface area contributed by atoms with Gasteiger partial charge in [0.2, 0.25) is 0 Å². The fourth-order valence-electron chi connectivity index (χ4n) is 3.20. The first-order chi connectivity index (χ1) is 14.0. The number of fused-ring (bicyclic) bond motifs is 1. The van der Waals surface area contributed by atoms with Gasteiger partial charge in [-0.1, -0.05) is 48.5 Å². The van der Waals surface area contributed by atoms with Gasteiger partial charge in [0.05, 0.1) is 4.92 Å². The highest BCUT2D eigenvalue weighted by Crippen LogP contribution is 2.24. The summed E-state index contributed by atoms with van der Waals surface area (Å²) in [4.78, 5) is 27.6. The van der Waals surface area contributed by atoms with Gasteiger partial charge in [-0.2, -0.15) is 4.98 Å². The van der Waals surface area contributed by atoms with E-state index >= 15 is 0 Å². The number of aromatic amines is 1. The lowest BCUT2D eigenvalue weighted by Crippen LogP contribution is -2.14. The van der Waals surface area contributed by atoms with Gasteiger partial charge in [-0.05, 0) is 23.8 Å². The average molecular weight is 388 g/mol. The Labute approximate surface area is 164 Å². The molecule has 2 aromatic heterocycles. The van der Waals surface area contributed by atoms with E-state index in [0.29, 0.717) is 6.54 Å². The fourth-order valence-corrected chi connectivity index (χ4v) is 3.20. The molecule has 8 heteroatoms. The van der Waals surface area contributed by atoms with Crippen LogP contribution >= 0.6 is 0 Å². The first kappa shape index (κ1) is 18.2. The summed E-state index contributed by atoms with van der Waals surface area (Å²) in [6.07, 6.45) is 5.23. The molecule has 0 saturated heterocycles. The van der Waals surface area contributed by atoms with E-state index < -0.39 is 22.0 Å². The van der Waals surface area contributed by atoms with Gasteiger partial charge in [-0.15, -0.1) is 0 Å². The summed E-state index contributed by atoms with van der Waals surface area (Å²) in [6, 6.07) is 18.0.